The van der Waals surface area contributed by atoms with Crippen LogP contribution in [0.5, 0.6) is 0 Å². The van der Waals surface area contributed by atoms with E-state index in [4.69, 9.17) is 5.26 Å². The minimum Gasteiger partial charge on any atom is -0.465 e. The summed E-state index contributed by atoms with van der Waals surface area (Å²) in [5.41, 5.74) is 2.75. The van der Waals surface area contributed by atoms with Crippen LogP contribution < -0.4 is 4.90 Å². The van der Waals surface area contributed by atoms with Crippen molar-refractivity contribution in [2.45, 2.75) is 24.9 Å². The molecular formula is C19H17N7O2. The lowest BCUT2D eigenvalue weighted by Crippen LogP contribution is -2.55. The van der Waals surface area contributed by atoms with Gasteiger partial charge in [0.25, 0.3) is 0 Å². The van der Waals surface area contributed by atoms with Gasteiger partial charge >= 0.3 is 6.09 Å². The third-order valence-electron chi connectivity index (χ3n) is 5.59. The predicted octanol–water partition coefficient (Wildman–Crippen LogP) is 2.22. The third kappa shape index (κ3) is 2.53. The average molecular weight is 375 g/mol. The zero-order chi connectivity index (χ0) is 19.3. The van der Waals surface area contributed by atoms with Gasteiger partial charge in [-0.2, -0.15) is 5.26 Å². The van der Waals surface area contributed by atoms with Gasteiger partial charge in [0.15, 0.2) is 0 Å². The van der Waals surface area contributed by atoms with Crippen molar-refractivity contribution in [1.82, 2.24) is 24.8 Å². The smallest absolute Gasteiger partial charge is 0.407 e. The van der Waals surface area contributed by atoms with Gasteiger partial charge in [0, 0.05) is 30.5 Å². The Hall–Kier alpha value is -3.67. The molecule has 28 heavy (non-hydrogen) atoms. The maximum atomic E-state index is 11.5. The van der Waals surface area contributed by atoms with Gasteiger partial charge in [-0.25, -0.2) is 19.7 Å². The van der Waals surface area contributed by atoms with Gasteiger partial charge in [-0.15, -0.1) is 0 Å². The largest absolute Gasteiger partial charge is 0.465 e. The molecule has 5 rings (SSSR count). The lowest BCUT2D eigenvalue weighted by atomic mass is 10.1. The van der Waals surface area contributed by atoms with Gasteiger partial charge in [0.1, 0.15) is 29.6 Å². The van der Waals surface area contributed by atoms with Crippen LogP contribution in [0, 0.1) is 11.3 Å². The molecule has 5 heterocycles. The number of nitrogens with zero attached hydrogens (tertiary/aromatic N) is 6. The van der Waals surface area contributed by atoms with Crippen molar-refractivity contribution in [2.75, 3.05) is 18.0 Å². The predicted molar refractivity (Wildman–Crippen MR) is 101 cm³/mol. The highest BCUT2D eigenvalue weighted by atomic mass is 16.4. The Morgan fingerprint density at radius 1 is 1.21 bits per heavy atom. The van der Waals surface area contributed by atoms with Crippen LogP contribution in [0.1, 0.15) is 18.5 Å². The Labute approximate surface area is 160 Å². The van der Waals surface area contributed by atoms with Gasteiger partial charge in [-0.3, -0.25) is 4.90 Å². The summed E-state index contributed by atoms with van der Waals surface area (Å²) in [6.07, 6.45) is 4.06. The zero-order valence-corrected chi connectivity index (χ0v) is 14.9. The van der Waals surface area contributed by atoms with E-state index < -0.39 is 6.09 Å². The normalized spacial score (nSPS) is 21.1. The molecule has 0 saturated carbocycles. The number of nitriles is 1. The molecule has 0 aliphatic carbocycles. The van der Waals surface area contributed by atoms with E-state index in [-0.39, 0.29) is 12.1 Å². The number of aromatic amines is 1. The second-order valence-corrected chi connectivity index (χ2v) is 7.16. The number of carbonyl (C=O) groups is 1. The van der Waals surface area contributed by atoms with Gasteiger partial charge in [0.2, 0.25) is 0 Å². The van der Waals surface area contributed by atoms with Gasteiger partial charge in [-0.05, 0) is 31.0 Å². The molecule has 1 amide bonds. The molecule has 2 fully saturated rings. The van der Waals surface area contributed by atoms with Crippen molar-refractivity contribution in [2.24, 2.45) is 0 Å². The summed E-state index contributed by atoms with van der Waals surface area (Å²) >= 11 is 0. The number of piperazine rings is 1. The van der Waals surface area contributed by atoms with Crippen LogP contribution in [0.25, 0.3) is 22.3 Å². The Kier molecular flexibility index (Phi) is 3.65. The van der Waals surface area contributed by atoms with Crippen LogP contribution in [-0.4, -0.2) is 61.2 Å². The van der Waals surface area contributed by atoms with Gasteiger partial charge < -0.3 is 15.0 Å². The lowest BCUT2D eigenvalue weighted by molar-refractivity contribution is 0.114. The molecule has 2 saturated heterocycles. The molecule has 2 atom stereocenters. The minimum atomic E-state index is -0.838. The maximum absolute atomic E-state index is 11.5. The van der Waals surface area contributed by atoms with Gasteiger partial charge in [0.05, 0.1) is 17.5 Å². The number of hydrogen-bond acceptors (Lipinski definition) is 6. The first kappa shape index (κ1) is 16.5. The molecule has 2 aliphatic heterocycles. The highest BCUT2D eigenvalue weighted by molar-refractivity contribution is 5.92. The van der Waals surface area contributed by atoms with E-state index in [1.54, 1.807) is 17.2 Å². The second-order valence-electron chi connectivity index (χ2n) is 7.16. The quantitative estimate of drug-likeness (QED) is 0.704. The topological polar surface area (TPSA) is 122 Å². The number of hydrogen-bond donors (Lipinski definition) is 2. The summed E-state index contributed by atoms with van der Waals surface area (Å²) in [5, 5.41) is 19.4. The van der Waals surface area contributed by atoms with Crippen LogP contribution in [0.15, 0.2) is 30.7 Å². The number of fused-ring (bicyclic) bond motifs is 3. The van der Waals surface area contributed by atoms with Crippen LogP contribution in [-0.2, 0) is 0 Å². The van der Waals surface area contributed by atoms with Crippen LogP contribution in [0.4, 0.5) is 10.6 Å². The highest BCUT2D eigenvalue weighted by Crippen LogP contribution is 2.35. The number of amides is 1. The fourth-order valence-electron chi connectivity index (χ4n) is 4.38. The fraction of sp³-hybridized carbons (Fsp3) is 0.316. The van der Waals surface area contributed by atoms with Crippen molar-refractivity contribution in [3.05, 3.63) is 36.4 Å². The van der Waals surface area contributed by atoms with E-state index in [2.05, 4.69) is 30.9 Å². The maximum Gasteiger partial charge on any atom is 0.407 e. The number of aromatic nitrogens is 4. The first-order valence-electron chi connectivity index (χ1n) is 9.10. The molecule has 0 aromatic carbocycles. The van der Waals surface area contributed by atoms with E-state index in [0.717, 1.165) is 35.3 Å². The van der Waals surface area contributed by atoms with E-state index in [1.807, 2.05) is 12.1 Å². The molecule has 9 heteroatoms. The molecule has 2 aliphatic rings. The van der Waals surface area contributed by atoms with E-state index in [1.165, 1.54) is 6.33 Å². The number of H-pyrrole nitrogens is 1. The SMILES string of the molecule is N#Cc1cc(-c2cc3c(N4CC5CCC(C4)N5C(=O)O)ncnc3[nH]2)ccn1. The third-order valence-corrected chi connectivity index (χ3v) is 5.59. The van der Waals surface area contributed by atoms with Crippen molar-refractivity contribution in [3.63, 3.8) is 0 Å². The van der Waals surface area contributed by atoms with Crippen LogP contribution in [0.2, 0.25) is 0 Å². The van der Waals surface area contributed by atoms with E-state index >= 15 is 0 Å². The Morgan fingerprint density at radius 2 is 2.00 bits per heavy atom. The monoisotopic (exact) mass is 375 g/mol. The first-order chi connectivity index (χ1) is 13.6. The standard InChI is InChI=1S/C19H17N7O2/c20-7-12-5-11(3-4-21-12)16-6-15-17(24-16)22-10-23-18(15)25-8-13-1-2-14(9-25)26(13)19(27)28/h3-6,10,13-14H,1-2,8-9H2,(H,27,28)(H,22,23,24). The summed E-state index contributed by atoms with van der Waals surface area (Å²) in [5.74, 6) is 0.809. The Morgan fingerprint density at radius 3 is 2.71 bits per heavy atom. The van der Waals surface area contributed by atoms with E-state index in [9.17, 15) is 9.90 Å². The summed E-state index contributed by atoms with van der Waals surface area (Å²) in [7, 11) is 0. The average Bonchev–Trinajstić information content (AvgIpc) is 3.26. The fourth-order valence-corrected chi connectivity index (χ4v) is 4.38. The number of carboxylic acid groups (broad SMARTS) is 1. The molecule has 140 valence electrons. The van der Waals surface area contributed by atoms with E-state index in [0.29, 0.717) is 24.4 Å². The van der Waals surface area contributed by atoms with Crippen molar-refractivity contribution in [3.8, 4) is 17.3 Å². The molecule has 2 bridgehead atoms. The number of nitrogens with one attached hydrogen (secondary N) is 1. The molecule has 3 aromatic heterocycles. The molecule has 3 aromatic rings. The molecule has 2 N–H and O–H groups in total. The van der Waals surface area contributed by atoms with Crippen molar-refractivity contribution >= 4 is 22.9 Å². The minimum absolute atomic E-state index is 0.00179. The van der Waals surface area contributed by atoms with Gasteiger partial charge in [-0.1, -0.05) is 0 Å². The summed E-state index contributed by atoms with van der Waals surface area (Å²) < 4.78 is 0. The Bertz CT molecular complexity index is 1100. The molecule has 9 nitrogen and oxygen atoms in total. The summed E-state index contributed by atoms with van der Waals surface area (Å²) in [6.45, 7) is 1.26. The molecular weight excluding hydrogens is 358 g/mol. The number of pyridine rings is 1. The second kappa shape index (κ2) is 6.20. The van der Waals surface area contributed by atoms with Crippen LogP contribution in [0.3, 0.4) is 0 Å². The van der Waals surface area contributed by atoms with Crippen molar-refractivity contribution < 1.29 is 9.90 Å². The number of anilines is 1. The Balaban J connectivity index is 1.52. The summed E-state index contributed by atoms with van der Waals surface area (Å²) in [6, 6.07) is 7.59. The van der Waals surface area contributed by atoms with Crippen LogP contribution >= 0.6 is 0 Å². The zero-order valence-electron chi connectivity index (χ0n) is 14.9. The first-order valence-corrected chi connectivity index (χ1v) is 9.10. The molecule has 2 unspecified atom stereocenters. The molecule has 0 spiro atoms. The lowest BCUT2D eigenvalue weighted by Gasteiger charge is -2.40. The highest BCUT2D eigenvalue weighted by Gasteiger charge is 2.43. The number of rotatable bonds is 2. The molecule has 0 radical (unpaired) electrons. The van der Waals surface area contributed by atoms with Crippen molar-refractivity contribution in [1.29, 1.82) is 5.26 Å². The summed E-state index contributed by atoms with van der Waals surface area (Å²) in [4.78, 5) is 31.4.